The maximum Gasteiger partial charge on any atom is 0.0279 e. The molecule has 0 rings (SSSR count). The van der Waals surface area contributed by atoms with E-state index in [1.165, 1.54) is 0 Å². The topological polar surface area (TPSA) is 12.4 Å². The first-order chi connectivity index (χ1) is 3.81. The van der Waals surface area contributed by atoms with Crippen LogP contribution < -0.4 is 0 Å². The molecule has 0 aliphatic heterocycles. The lowest BCUT2D eigenvalue weighted by atomic mass is 10.3. The molecular formula is C6H10NP. The van der Waals surface area contributed by atoms with Crippen molar-refractivity contribution >= 4 is 15.6 Å². The first-order valence-corrected chi connectivity index (χ1v) is 2.85. The third kappa shape index (κ3) is 3.76. The molecular weight excluding hydrogens is 117 g/mol. The second kappa shape index (κ2) is 4.73. The Morgan fingerprint density at radius 3 is 2.75 bits per heavy atom. The predicted molar refractivity (Wildman–Crippen MR) is 42.2 cm³/mol. The molecule has 8 heavy (non-hydrogen) atoms. The average molecular weight is 127 g/mol. The summed E-state index contributed by atoms with van der Waals surface area (Å²) in [6, 6.07) is 0. The second-order valence-corrected chi connectivity index (χ2v) is 1.72. The molecule has 0 aliphatic carbocycles. The summed E-state index contributed by atoms with van der Waals surface area (Å²) in [5, 5.41) is 0. The molecule has 44 valence electrons. The lowest BCUT2D eigenvalue weighted by Crippen LogP contribution is -1.70. The predicted octanol–water partition coefficient (Wildman–Crippen LogP) is 1.98. The molecule has 0 aromatic rings. The van der Waals surface area contributed by atoms with Crippen LogP contribution in [0.1, 0.15) is 6.92 Å². The summed E-state index contributed by atoms with van der Waals surface area (Å²) in [6.07, 6.45) is 5.39. The zero-order chi connectivity index (χ0) is 6.41. The fraction of sp³-hybridized carbons (Fsp3) is 0.167. The average Bonchev–Trinajstić information content (AvgIpc) is 1.68. The van der Waals surface area contributed by atoms with E-state index in [1.807, 2.05) is 13.0 Å². The number of hydrogen-bond donors (Lipinski definition) is 0. The summed E-state index contributed by atoms with van der Waals surface area (Å²) in [5.41, 5.74) is 1.11. The van der Waals surface area contributed by atoms with Crippen molar-refractivity contribution in [3.05, 3.63) is 24.3 Å². The van der Waals surface area contributed by atoms with E-state index in [2.05, 4.69) is 20.7 Å². The van der Waals surface area contributed by atoms with Crippen LogP contribution in [-0.4, -0.2) is 6.21 Å². The van der Waals surface area contributed by atoms with Crippen LogP contribution in [0.4, 0.5) is 0 Å². The molecule has 0 bridgehead atoms. The van der Waals surface area contributed by atoms with Crippen molar-refractivity contribution in [3.8, 4) is 0 Å². The van der Waals surface area contributed by atoms with Crippen LogP contribution in [0.15, 0.2) is 29.1 Å². The normalized spacial score (nSPS) is 12.5. The molecule has 0 amide bonds. The minimum absolute atomic E-state index is 1.11. The smallest absolute Gasteiger partial charge is 0.0279 e. The third-order valence-electron chi connectivity index (χ3n) is 0.659. The molecule has 0 saturated heterocycles. The Morgan fingerprint density at radius 1 is 1.75 bits per heavy atom. The standard InChI is InChI=1S/C6H10NP/c1-3-4-6(2)5-7-8/h3-5H,1,8H2,2H3/b6-4+,7-5?. The van der Waals surface area contributed by atoms with Crippen LogP contribution in [0, 0.1) is 0 Å². The lowest BCUT2D eigenvalue weighted by Gasteiger charge is -1.81. The van der Waals surface area contributed by atoms with E-state index in [9.17, 15) is 0 Å². The maximum absolute atomic E-state index is 3.73. The van der Waals surface area contributed by atoms with Gasteiger partial charge in [-0.25, -0.2) is 0 Å². The van der Waals surface area contributed by atoms with E-state index in [0.717, 1.165) is 5.57 Å². The van der Waals surface area contributed by atoms with Crippen LogP contribution in [0.25, 0.3) is 0 Å². The van der Waals surface area contributed by atoms with E-state index < -0.39 is 0 Å². The summed E-state index contributed by atoms with van der Waals surface area (Å²) in [4.78, 5) is 0. The van der Waals surface area contributed by atoms with Crippen molar-refractivity contribution in [2.75, 3.05) is 0 Å². The minimum Gasteiger partial charge on any atom is -0.276 e. The minimum atomic E-state index is 1.11. The summed E-state index contributed by atoms with van der Waals surface area (Å²) >= 11 is 0. The van der Waals surface area contributed by atoms with E-state index in [1.54, 1.807) is 12.3 Å². The number of allylic oxidation sites excluding steroid dienone is 3. The Labute approximate surface area is 52.5 Å². The van der Waals surface area contributed by atoms with E-state index in [4.69, 9.17) is 0 Å². The number of rotatable bonds is 2. The van der Waals surface area contributed by atoms with Gasteiger partial charge in [-0.2, -0.15) is 0 Å². The van der Waals surface area contributed by atoms with Crippen molar-refractivity contribution in [1.82, 2.24) is 0 Å². The molecule has 1 nitrogen and oxygen atoms in total. The van der Waals surface area contributed by atoms with Gasteiger partial charge in [0, 0.05) is 6.21 Å². The monoisotopic (exact) mass is 127 g/mol. The van der Waals surface area contributed by atoms with Gasteiger partial charge >= 0.3 is 0 Å². The summed E-state index contributed by atoms with van der Waals surface area (Å²) in [6.45, 7) is 5.51. The Kier molecular flexibility index (Phi) is 4.48. The highest BCUT2D eigenvalue weighted by molar-refractivity contribution is 7.15. The fourth-order valence-corrected chi connectivity index (χ4v) is 0.582. The molecule has 0 radical (unpaired) electrons. The largest absolute Gasteiger partial charge is 0.276 e. The first kappa shape index (κ1) is 7.58. The first-order valence-electron chi connectivity index (χ1n) is 2.34. The summed E-state index contributed by atoms with van der Waals surface area (Å²) in [5.74, 6) is 0. The van der Waals surface area contributed by atoms with Gasteiger partial charge in [-0.3, -0.25) is 4.76 Å². The van der Waals surface area contributed by atoms with Crippen molar-refractivity contribution in [1.29, 1.82) is 0 Å². The fourth-order valence-electron chi connectivity index (χ4n) is 0.346. The zero-order valence-corrected chi connectivity index (χ0v) is 6.12. The zero-order valence-electron chi connectivity index (χ0n) is 4.96. The van der Waals surface area contributed by atoms with Crippen molar-refractivity contribution in [3.63, 3.8) is 0 Å². The SMILES string of the molecule is C=C/C=C(\C)C=NP. The lowest BCUT2D eigenvalue weighted by molar-refractivity contribution is 1.61. The molecule has 0 spiro atoms. The highest BCUT2D eigenvalue weighted by atomic mass is 31.0. The van der Waals surface area contributed by atoms with Crippen LogP contribution in [0.2, 0.25) is 0 Å². The van der Waals surface area contributed by atoms with Gasteiger partial charge in [0.05, 0.1) is 0 Å². The number of hydrogen-bond acceptors (Lipinski definition) is 1. The molecule has 0 aromatic carbocycles. The van der Waals surface area contributed by atoms with Crippen LogP contribution in [0.5, 0.6) is 0 Å². The molecule has 1 unspecified atom stereocenters. The van der Waals surface area contributed by atoms with Gasteiger partial charge in [-0.1, -0.05) is 18.7 Å². The molecule has 0 saturated carbocycles. The van der Waals surface area contributed by atoms with Crippen molar-refractivity contribution in [2.45, 2.75) is 6.92 Å². The molecule has 0 aromatic heterocycles. The van der Waals surface area contributed by atoms with Gasteiger partial charge in [0.15, 0.2) is 0 Å². The summed E-state index contributed by atoms with van der Waals surface area (Å²) in [7, 11) is 2.27. The summed E-state index contributed by atoms with van der Waals surface area (Å²) < 4.78 is 3.73. The maximum atomic E-state index is 3.73. The molecule has 0 heterocycles. The molecule has 1 atom stereocenters. The van der Waals surface area contributed by atoms with Crippen molar-refractivity contribution in [2.24, 2.45) is 4.76 Å². The van der Waals surface area contributed by atoms with Gasteiger partial charge < -0.3 is 0 Å². The van der Waals surface area contributed by atoms with Gasteiger partial charge in [0.25, 0.3) is 0 Å². The molecule has 0 aliphatic rings. The highest BCUT2D eigenvalue weighted by Gasteiger charge is 1.73. The van der Waals surface area contributed by atoms with Crippen molar-refractivity contribution < 1.29 is 0 Å². The van der Waals surface area contributed by atoms with Crippen LogP contribution in [-0.2, 0) is 0 Å². The van der Waals surface area contributed by atoms with Gasteiger partial charge in [-0.05, 0) is 21.9 Å². The Morgan fingerprint density at radius 2 is 2.38 bits per heavy atom. The van der Waals surface area contributed by atoms with Gasteiger partial charge in [0.2, 0.25) is 0 Å². The van der Waals surface area contributed by atoms with Crippen LogP contribution in [0.3, 0.4) is 0 Å². The third-order valence-corrected chi connectivity index (χ3v) is 0.808. The van der Waals surface area contributed by atoms with Crippen LogP contribution >= 0.6 is 9.39 Å². The van der Waals surface area contributed by atoms with E-state index in [-0.39, 0.29) is 0 Å². The van der Waals surface area contributed by atoms with Gasteiger partial charge in [-0.15, -0.1) is 0 Å². The van der Waals surface area contributed by atoms with Gasteiger partial charge in [0.1, 0.15) is 0 Å². The number of nitrogens with zero attached hydrogens (tertiary/aromatic N) is 1. The Hall–Kier alpha value is -0.420. The molecule has 0 N–H and O–H groups in total. The second-order valence-electron chi connectivity index (χ2n) is 1.42. The Balaban J connectivity index is 3.79. The van der Waals surface area contributed by atoms with E-state index in [0.29, 0.717) is 0 Å². The molecule has 0 fully saturated rings. The van der Waals surface area contributed by atoms with E-state index >= 15 is 0 Å². The Bertz CT molecular complexity index is 124. The highest BCUT2D eigenvalue weighted by Crippen LogP contribution is 1.89. The quantitative estimate of drug-likeness (QED) is 0.305. The molecule has 2 heteroatoms.